The zero-order valence-electron chi connectivity index (χ0n) is 19.9. The summed E-state index contributed by atoms with van der Waals surface area (Å²) in [6.07, 6.45) is 5.16. The van der Waals surface area contributed by atoms with Gasteiger partial charge in [-0.2, -0.15) is 4.98 Å². The molecule has 3 N–H and O–H groups in total. The smallest absolute Gasteiger partial charge is 0.411 e. The second kappa shape index (κ2) is 11.0. The van der Waals surface area contributed by atoms with Crippen LogP contribution in [0.2, 0.25) is 0 Å². The zero-order valence-corrected chi connectivity index (χ0v) is 19.9. The first kappa shape index (κ1) is 23.6. The minimum Gasteiger partial charge on any atom is -0.465 e. The Hall–Kier alpha value is -4.18. The molecule has 36 heavy (non-hydrogen) atoms. The molecule has 0 atom stereocenters. The summed E-state index contributed by atoms with van der Waals surface area (Å²) in [6, 6.07) is 17.8. The van der Waals surface area contributed by atoms with E-state index < -0.39 is 6.09 Å². The standard InChI is InChI=1S/C23H23N7O3.C3H6/c31-23(32)27-22-26-21-3-1-2-19(30(21)28-22)17-6-4-16(5-7-17)14-24-18-8-9-20(25-15-18)29-10-12-33-13-11-29;1-2-3-1/h1-9,15,24H,10-14H2,(H,27,28)(H,31,32);1-3H2. The van der Waals surface area contributed by atoms with Crippen molar-refractivity contribution < 1.29 is 14.6 Å². The van der Waals surface area contributed by atoms with E-state index >= 15 is 0 Å². The minimum atomic E-state index is -1.20. The second-order valence-electron chi connectivity index (χ2n) is 8.66. The molecule has 4 heterocycles. The summed E-state index contributed by atoms with van der Waals surface area (Å²) < 4.78 is 7.02. The van der Waals surface area contributed by atoms with Crippen LogP contribution in [0.1, 0.15) is 24.8 Å². The second-order valence-corrected chi connectivity index (χ2v) is 8.66. The molecule has 10 nitrogen and oxygen atoms in total. The number of aromatic nitrogens is 4. The third-order valence-corrected chi connectivity index (χ3v) is 5.76. The Morgan fingerprint density at radius 3 is 2.44 bits per heavy atom. The first-order valence-corrected chi connectivity index (χ1v) is 12.1. The molecule has 2 fully saturated rings. The average molecular weight is 488 g/mol. The lowest BCUT2D eigenvalue weighted by Crippen LogP contribution is -2.36. The third-order valence-electron chi connectivity index (χ3n) is 5.76. The van der Waals surface area contributed by atoms with Gasteiger partial charge in [-0.05, 0) is 29.8 Å². The van der Waals surface area contributed by atoms with Crippen LogP contribution in [0.25, 0.3) is 16.9 Å². The molecule has 1 aromatic carbocycles. The number of carbonyl (C=O) groups is 1. The highest BCUT2D eigenvalue weighted by atomic mass is 16.5. The molecule has 0 radical (unpaired) electrons. The van der Waals surface area contributed by atoms with Gasteiger partial charge in [0, 0.05) is 25.2 Å². The highest BCUT2D eigenvalue weighted by Gasteiger charge is 2.12. The number of ether oxygens (including phenoxy) is 1. The third kappa shape index (κ3) is 6.08. The lowest BCUT2D eigenvalue weighted by atomic mass is 10.1. The maximum absolute atomic E-state index is 10.9. The molecule has 1 aliphatic heterocycles. The lowest BCUT2D eigenvalue weighted by Gasteiger charge is -2.27. The van der Waals surface area contributed by atoms with Gasteiger partial charge in [0.1, 0.15) is 5.82 Å². The van der Waals surface area contributed by atoms with Gasteiger partial charge in [-0.1, -0.05) is 49.6 Å². The van der Waals surface area contributed by atoms with Crippen LogP contribution in [-0.2, 0) is 11.3 Å². The predicted octanol–water partition coefficient (Wildman–Crippen LogP) is 4.50. The molecule has 10 heteroatoms. The number of nitrogens with one attached hydrogen (secondary N) is 2. The number of morpholine rings is 1. The minimum absolute atomic E-state index is 0.0454. The molecule has 4 aromatic rings. The van der Waals surface area contributed by atoms with Crippen LogP contribution in [0.15, 0.2) is 60.8 Å². The highest BCUT2D eigenvalue weighted by Crippen LogP contribution is 2.22. The van der Waals surface area contributed by atoms with Crippen molar-refractivity contribution >= 4 is 29.2 Å². The lowest BCUT2D eigenvalue weighted by molar-refractivity contribution is 0.122. The molecule has 186 valence electrons. The number of hydrogen-bond donors (Lipinski definition) is 3. The molecule has 6 rings (SSSR count). The number of carboxylic acid groups (broad SMARTS) is 1. The molecular formula is C26H29N7O3. The molecule has 0 bridgehead atoms. The van der Waals surface area contributed by atoms with Gasteiger partial charge in [-0.25, -0.2) is 14.3 Å². The molecule has 1 amide bonds. The van der Waals surface area contributed by atoms with Crippen molar-refractivity contribution in [1.29, 1.82) is 0 Å². The van der Waals surface area contributed by atoms with E-state index in [1.807, 2.05) is 54.7 Å². The quantitative estimate of drug-likeness (QED) is 0.364. The van der Waals surface area contributed by atoms with Crippen molar-refractivity contribution in [1.82, 2.24) is 19.6 Å². The number of anilines is 3. The Morgan fingerprint density at radius 2 is 1.78 bits per heavy atom. The van der Waals surface area contributed by atoms with Gasteiger partial charge in [-0.3, -0.25) is 5.32 Å². The molecule has 3 aromatic heterocycles. The van der Waals surface area contributed by atoms with Crippen LogP contribution in [-0.4, -0.2) is 57.1 Å². The first-order valence-electron chi connectivity index (χ1n) is 12.1. The Balaban J connectivity index is 0.000000828. The highest BCUT2D eigenvalue weighted by molar-refractivity contribution is 5.80. The van der Waals surface area contributed by atoms with Gasteiger partial charge >= 0.3 is 6.09 Å². The number of amides is 1. The summed E-state index contributed by atoms with van der Waals surface area (Å²) in [4.78, 5) is 21.9. The van der Waals surface area contributed by atoms with Crippen LogP contribution in [0.4, 0.5) is 22.2 Å². The summed E-state index contributed by atoms with van der Waals surface area (Å²) in [5, 5.41) is 18.7. The fraction of sp³-hybridized carbons (Fsp3) is 0.308. The number of rotatable bonds is 6. The molecule has 2 aliphatic rings. The number of fused-ring (bicyclic) bond motifs is 1. The summed E-state index contributed by atoms with van der Waals surface area (Å²) in [5.41, 5.74) is 4.42. The monoisotopic (exact) mass is 487 g/mol. The van der Waals surface area contributed by atoms with E-state index in [9.17, 15) is 4.79 Å². The van der Waals surface area contributed by atoms with Crippen molar-refractivity contribution in [2.24, 2.45) is 0 Å². The number of nitrogens with zero attached hydrogens (tertiary/aromatic N) is 5. The van der Waals surface area contributed by atoms with Crippen molar-refractivity contribution in [2.45, 2.75) is 25.8 Å². The van der Waals surface area contributed by atoms with Crippen LogP contribution in [0.5, 0.6) is 0 Å². The summed E-state index contributed by atoms with van der Waals surface area (Å²) in [6.45, 7) is 3.88. The maximum atomic E-state index is 10.9. The zero-order chi connectivity index (χ0) is 24.7. The Kier molecular flexibility index (Phi) is 7.23. The van der Waals surface area contributed by atoms with Gasteiger partial charge in [0.05, 0.1) is 30.8 Å². The molecule has 0 unspecified atom stereocenters. The van der Waals surface area contributed by atoms with Crippen molar-refractivity contribution in [2.75, 3.05) is 41.8 Å². The van der Waals surface area contributed by atoms with Gasteiger partial charge in [-0.15, -0.1) is 5.10 Å². The van der Waals surface area contributed by atoms with Gasteiger partial charge in [0.15, 0.2) is 5.65 Å². The van der Waals surface area contributed by atoms with E-state index in [2.05, 4.69) is 30.6 Å². The predicted molar refractivity (Wildman–Crippen MR) is 139 cm³/mol. The topological polar surface area (TPSA) is 117 Å². The van der Waals surface area contributed by atoms with E-state index in [-0.39, 0.29) is 5.95 Å². The Labute approximate surface area is 208 Å². The number of pyridine rings is 2. The van der Waals surface area contributed by atoms with Crippen molar-refractivity contribution in [3.8, 4) is 11.3 Å². The average Bonchev–Trinajstić information content (AvgIpc) is 3.74. The fourth-order valence-electron chi connectivity index (χ4n) is 3.74. The van der Waals surface area contributed by atoms with E-state index in [0.717, 1.165) is 54.6 Å². The molecule has 0 spiro atoms. The van der Waals surface area contributed by atoms with Gasteiger partial charge in [0.2, 0.25) is 0 Å². The van der Waals surface area contributed by atoms with Crippen molar-refractivity contribution in [3.05, 3.63) is 66.4 Å². The number of benzene rings is 1. The molecule has 1 aliphatic carbocycles. The van der Waals surface area contributed by atoms with Crippen LogP contribution in [0.3, 0.4) is 0 Å². The SMILES string of the molecule is C1CC1.O=C(O)Nc1nc2cccc(-c3ccc(CNc4ccc(N5CCOCC5)nc4)cc3)n2n1. The summed E-state index contributed by atoms with van der Waals surface area (Å²) in [5.74, 6) is 1.02. The Bertz CT molecular complexity index is 1290. The van der Waals surface area contributed by atoms with Crippen LogP contribution in [0, 0.1) is 0 Å². The van der Waals surface area contributed by atoms with E-state index in [1.165, 1.54) is 19.3 Å². The summed E-state index contributed by atoms with van der Waals surface area (Å²) >= 11 is 0. The van der Waals surface area contributed by atoms with Crippen LogP contribution < -0.4 is 15.5 Å². The van der Waals surface area contributed by atoms with E-state index in [4.69, 9.17) is 9.84 Å². The van der Waals surface area contributed by atoms with Crippen molar-refractivity contribution in [3.63, 3.8) is 0 Å². The maximum Gasteiger partial charge on any atom is 0.411 e. The normalized spacial score (nSPS) is 14.6. The largest absolute Gasteiger partial charge is 0.465 e. The van der Waals surface area contributed by atoms with E-state index in [0.29, 0.717) is 12.2 Å². The van der Waals surface area contributed by atoms with E-state index in [1.54, 1.807) is 10.6 Å². The number of hydrogen-bond acceptors (Lipinski definition) is 7. The Morgan fingerprint density at radius 1 is 1.00 bits per heavy atom. The van der Waals surface area contributed by atoms with Crippen LogP contribution >= 0.6 is 0 Å². The molecular weight excluding hydrogens is 458 g/mol. The molecule has 1 saturated heterocycles. The van der Waals surface area contributed by atoms with Gasteiger partial charge < -0.3 is 20.1 Å². The summed E-state index contributed by atoms with van der Waals surface area (Å²) in [7, 11) is 0. The fourth-order valence-corrected chi connectivity index (χ4v) is 3.74. The van der Waals surface area contributed by atoms with Gasteiger partial charge in [0.25, 0.3) is 5.95 Å². The first-order chi connectivity index (χ1) is 17.7. The molecule has 1 saturated carbocycles.